The van der Waals surface area contributed by atoms with Crippen molar-refractivity contribution >= 4 is 0 Å². The van der Waals surface area contributed by atoms with Gasteiger partial charge in [0.05, 0.1) is 6.10 Å². The quantitative estimate of drug-likeness (QED) is 0.613. The SMILES string of the molecule is FC(F)(F)C[CH]C1CCCO1. The van der Waals surface area contributed by atoms with E-state index in [0.29, 0.717) is 6.61 Å². The van der Waals surface area contributed by atoms with Crippen molar-refractivity contribution in [2.75, 3.05) is 6.61 Å². The van der Waals surface area contributed by atoms with Crippen LogP contribution in [0, 0.1) is 6.42 Å². The molecule has 4 heteroatoms. The van der Waals surface area contributed by atoms with Gasteiger partial charge in [0.1, 0.15) is 0 Å². The average molecular weight is 167 g/mol. The van der Waals surface area contributed by atoms with Crippen LogP contribution in [0.3, 0.4) is 0 Å². The van der Waals surface area contributed by atoms with Crippen LogP contribution < -0.4 is 0 Å². The molecule has 65 valence electrons. The highest BCUT2D eigenvalue weighted by Gasteiger charge is 2.29. The molecule has 0 saturated carbocycles. The Kier molecular flexibility index (Phi) is 2.76. The summed E-state index contributed by atoms with van der Waals surface area (Å²) in [5.74, 6) is 0. The molecule has 1 atom stereocenters. The van der Waals surface area contributed by atoms with Crippen LogP contribution in [-0.2, 0) is 4.74 Å². The van der Waals surface area contributed by atoms with Crippen molar-refractivity contribution in [2.24, 2.45) is 0 Å². The predicted molar refractivity (Wildman–Crippen MR) is 33.9 cm³/mol. The van der Waals surface area contributed by atoms with Gasteiger partial charge in [0.25, 0.3) is 0 Å². The van der Waals surface area contributed by atoms with Gasteiger partial charge in [-0.05, 0) is 19.3 Å². The first-order valence-corrected chi connectivity index (χ1v) is 3.59. The molecular weight excluding hydrogens is 157 g/mol. The number of hydrogen-bond donors (Lipinski definition) is 0. The van der Waals surface area contributed by atoms with Gasteiger partial charge in [-0.1, -0.05) is 0 Å². The monoisotopic (exact) mass is 167 g/mol. The molecule has 1 fully saturated rings. The standard InChI is InChI=1S/C7H10F3O/c8-7(9,10)4-3-6-2-1-5-11-6/h3,6H,1-2,4-5H2. The van der Waals surface area contributed by atoms with Crippen LogP contribution in [0.2, 0.25) is 0 Å². The Morgan fingerprint density at radius 3 is 2.64 bits per heavy atom. The number of ether oxygens (including phenoxy) is 1. The van der Waals surface area contributed by atoms with Gasteiger partial charge in [-0.25, -0.2) is 0 Å². The van der Waals surface area contributed by atoms with Crippen LogP contribution in [0.15, 0.2) is 0 Å². The highest BCUT2D eigenvalue weighted by molar-refractivity contribution is 4.82. The molecule has 1 heterocycles. The van der Waals surface area contributed by atoms with Crippen LogP contribution in [0.4, 0.5) is 13.2 Å². The molecule has 0 aliphatic carbocycles. The van der Waals surface area contributed by atoms with E-state index in [9.17, 15) is 13.2 Å². The van der Waals surface area contributed by atoms with E-state index in [0.717, 1.165) is 12.8 Å². The van der Waals surface area contributed by atoms with Gasteiger partial charge in [0.15, 0.2) is 0 Å². The third-order valence-corrected chi connectivity index (χ3v) is 1.58. The number of alkyl halides is 3. The lowest BCUT2D eigenvalue weighted by Gasteiger charge is -2.10. The highest BCUT2D eigenvalue weighted by atomic mass is 19.4. The second-order valence-electron chi connectivity index (χ2n) is 2.61. The van der Waals surface area contributed by atoms with Crippen LogP contribution in [0.1, 0.15) is 19.3 Å². The summed E-state index contributed by atoms with van der Waals surface area (Å²) in [5.41, 5.74) is 0. The number of halogens is 3. The van der Waals surface area contributed by atoms with Crippen molar-refractivity contribution in [3.8, 4) is 0 Å². The Bertz CT molecular complexity index is 115. The fraction of sp³-hybridized carbons (Fsp3) is 0.857. The Morgan fingerprint density at radius 1 is 1.45 bits per heavy atom. The first-order valence-electron chi connectivity index (χ1n) is 3.59. The summed E-state index contributed by atoms with van der Waals surface area (Å²) >= 11 is 0. The zero-order valence-electron chi connectivity index (χ0n) is 6.03. The maximum atomic E-state index is 11.6. The fourth-order valence-electron chi connectivity index (χ4n) is 1.05. The Labute approximate surface area is 63.5 Å². The maximum Gasteiger partial charge on any atom is 0.389 e. The predicted octanol–water partition coefficient (Wildman–Crippen LogP) is 2.32. The van der Waals surface area contributed by atoms with Crippen molar-refractivity contribution < 1.29 is 17.9 Å². The molecule has 1 aliphatic heterocycles. The zero-order valence-corrected chi connectivity index (χ0v) is 6.03. The molecule has 0 aromatic rings. The second-order valence-corrected chi connectivity index (χ2v) is 2.61. The van der Waals surface area contributed by atoms with Gasteiger partial charge in [-0.15, -0.1) is 0 Å². The third-order valence-electron chi connectivity index (χ3n) is 1.58. The molecule has 11 heavy (non-hydrogen) atoms. The molecule has 1 nitrogen and oxygen atoms in total. The molecule has 0 spiro atoms. The summed E-state index contributed by atoms with van der Waals surface area (Å²) in [7, 11) is 0. The van der Waals surface area contributed by atoms with Gasteiger partial charge in [-0.2, -0.15) is 13.2 Å². The summed E-state index contributed by atoms with van der Waals surface area (Å²) in [4.78, 5) is 0. The Balaban J connectivity index is 2.11. The van der Waals surface area contributed by atoms with Crippen molar-refractivity contribution in [3.05, 3.63) is 6.42 Å². The minimum atomic E-state index is -4.08. The molecule has 0 aromatic carbocycles. The third kappa shape index (κ3) is 3.60. The summed E-state index contributed by atoms with van der Waals surface area (Å²) in [6.45, 7) is 0.596. The second kappa shape index (κ2) is 3.43. The van der Waals surface area contributed by atoms with Crippen molar-refractivity contribution in [1.29, 1.82) is 0 Å². The van der Waals surface area contributed by atoms with E-state index < -0.39 is 12.6 Å². The fourth-order valence-corrected chi connectivity index (χ4v) is 1.05. The van der Waals surface area contributed by atoms with Crippen LogP contribution in [0.5, 0.6) is 0 Å². The Hall–Kier alpha value is -0.250. The largest absolute Gasteiger partial charge is 0.389 e. The van der Waals surface area contributed by atoms with Crippen LogP contribution in [-0.4, -0.2) is 18.9 Å². The van der Waals surface area contributed by atoms with E-state index in [1.54, 1.807) is 0 Å². The smallest absolute Gasteiger partial charge is 0.378 e. The summed E-state index contributed by atoms with van der Waals surface area (Å²) in [5, 5.41) is 0. The van der Waals surface area contributed by atoms with Gasteiger partial charge in [0.2, 0.25) is 0 Å². The topological polar surface area (TPSA) is 9.23 Å². The van der Waals surface area contributed by atoms with E-state index in [2.05, 4.69) is 0 Å². The number of rotatable bonds is 2. The lowest BCUT2D eigenvalue weighted by atomic mass is 10.1. The molecule has 1 saturated heterocycles. The van der Waals surface area contributed by atoms with E-state index in [4.69, 9.17) is 4.74 Å². The van der Waals surface area contributed by atoms with E-state index in [1.165, 1.54) is 6.42 Å². The summed E-state index contributed by atoms with van der Waals surface area (Å²) in [6, 6.07) is 0. The maximum absolute atomic E-state index is 11.6. The molecule has 0 aromatic heterocycles. The first kappa shape index (κ1) is 8.84. The van der Waals surface area contributed by atoms with Crippen LogP contribution in [0.25, 0.3) is 0 Å². The van der Waals surface area contributed by atoms with E-state index in [1.807, 2.05) is 0 Å². The van der Waals surface area contributed by atoms with Gasteiger partial charge in [-0.3, -0.25) is 0 Å². The van der Waals surface area contributed by atoms with E-state index >= 15 is 0 Å². The summed E-state index contributed by atoms with van der Waals surface area (Å²) in [6.07, 6.45) is -2.37. The highest BCUT2D eigenvalue weighted by Crippen LogP contribution is 2.25. The Morgan fingerprint density at radius 2 is 2.18 bits per heavy atom. The molecular formula is C7H10F3O. The molecule has 1 aliphatic rings. The minimum absolute atomic E-state index is 0.267. The molecule has 1 radical (unpaired) electrons. The van der Waals surface area contributed by atoms with Crippen LogP contribution >= 0.6 is 0 Å². The first-order chi connectivity index (χ1) is 5.08. The minimum Gasteiger partial charge on any atom is -0.378 e. The van der Waals surface area contributed by atoms with Crippen molar-refractivity contribution in [1.82, 2.24) is 0 Å². The molecule has 0 amide bonds. The van der Waals surface area contributed by atoms with Crippen molar-refractivity contribution in [3.63, 3.8) is 0 Å². The molecule has 1 unspecified atom stereocenters. The van der Waals surface area contributed by atoms with Gasteiger partial charge in [0, 0.05) is 13.0 Å². The molecule has 0 bridgehead atoms. The lowest BCUT2D eigenvalue weighted by Crippen LogP contribution is -2.14. The number of hydrogen-bond acceptors (Lipinski definition) is 1. The van der Waals surface area contributed by atoms with E-state index in [-0.39, 0.29) is 6.10 Å². The zero-order chi connectivity index (χ0) is 8.32. The molecule has 1 rings (SSSR count). The normalized spacial score (nSPS) is 25.9. The average Bonchev–Trinajstić information content (AvgIpc) is 2.32. The molecule has 0 N–H and O–H groups in total. The van der Waals surface area contributed by atoms with Crippen molar-refractivity contribution in [2.45, 2.75) is 31.5 Å². The lowest BCUT2D eigenvalue weighted by molar-refractivity contribution is -0.130. The van der Waals surface area contributed by atoms with Gasteiger partial charge < -0.3 is 4.74 Å². The van der Waals surface area contributed by atoms with Gasteiger partial charge >= 0.3 is 6.18 Å². The summed E-state index contributed by atoms with van der Waals surface area (Å²) < 4.78 is 39.9.